The molecule has 2 aromatic carbocycles. The van der Waals surface area contributed by atoms with Crippen molar-refractivity contribution in [1.29, 1.82) is 5.26 Å². The molecular weight excluding hydrogens is 510 g/mol. The number of nitriles is 1. The Kier molecular flexibility index (Phi) is 5.96. The van der Waals surface area contributed by atoms with Gasteiger partial charge in [-0.2, -0.15) is 5.26 Å². The van der Waals surface area contributed by atoms with Crippen LogP contribution in [-0.4, -0.2) is 58.3 Å². The number of aliphatic hydroxyl groups excluding tert-OH is 1. The number of aliphatic hydroxyl groups is 1. The molecule has 0 saturated carbocycles. The van der Waals surface area contributed by atoms with Crippen LogP contribution in [0.25, 0.3) is 32.1 Å². The molecular formula is C27H26F2N6O2S. The number of halogens is 2. The summed E-state index contributed by atoms with van der Waals surface area (Å²) < 4.78 is 38.3. The number of likely N-dealkylation sites (N-methyl/N-ethyl adjacent to an activating group) is 1. The fourth-order valence-corrected chi connectivity index (χ4v) is 6.50. The minimum absolute atomic E-state index is 0.0106. The lowest BCUT2D eigenvalue weighted by Gasteiger charge is -2.29. The fourth-order valence-electron chi connectivity index (χ4n) is 5.57. The summed E-state index contributed by atoms with van der Waals surface area (Å²) in [5.41, 5.74) is 7.46. The predicted molar refractivity (Wildman–Crippen MR) is 143 cm³/mol. The van der Waals surface area contributed by atoms with Crippen LogP contribution < -0.4 is 10.6 Å². The Hall–Kier alpha value is -3.43. The van der Waals surface area contributed by atoms with Crippen LogP contribution in [0.4, 0.5) is 19.7 Å². The highest BCUT2D eigenvalue weighted by atomic mass is 32.1. The molecule has 11 heteroatoms. The Morgan fingerprint density at radius 3 is 2.74 bits per heavy atom. The van der Waals surface area contributed by atoms with Gasteiger partial charge < -0.3 is 20.5 Å². The van der Waals surface area contributed by atoms with Gasteiger partial charge in [0.1, 0.15) is 22.4 Å². The van der Waals surface area contributed by atoms with E-state index in [1.165, 1.54) is 6.07 Å². The summed E-state index contributed by atoms with van der Waals surface area (Å²) in [6.45, 7) is 5.21. The maximum atomic E-state index is 16.5. The van der Waals surface area contributed by atoms with E-state index in [1.807, 2.05) is 11.9 Å². The molecule has 3 N–H and O–H groups in total. The maximum absolute atomic E-state index is 16.5. The molecule has 0 aliphatic carbocycles. The molecule has 1 saturated heterocycles. The lowest BCUT2D eigenvalue weighted by molar-refractivity contribution is 0.0823. The molecule has 0 spiro atoms. The van der Waals surface area contributed by atoms with Gasteiger partial charge in [0, 0.05) is 51.9 Å². The zero-order chi connectivity index (χ0) is 26.9. The predicted octanol–water partition coefficient (Wildman–Crippen LogP) is 4.16. The Bertz CT molecular complexity index is 1650. The number of hydrogen-bond donors (Lipinski definition) is 2. The number of ether oxygens (including phenoxy) is 1. The Labute approximate surface area is 221 Å². The van der Waals surface area contributed by atoms with Crippen molar-refractivity contribution in [2.24, 2.45) is 0 Å². The average molecular weight is 537 g/mol. The zero-order valence-corrected chi connectivity index (χ0v) is 21.9. The molecule has 2 aliphatic heterocycles. The number of β-amino-alcohol motifs (C(OH)–C–C–N with tert-alkyl or cyclic N) is 1. The lowest BCUT2D eigenvalue weighted by atomic mass is 9.90. The molecule has 38 heavy (non-hydrogen) atoms. The monoisotopic (exact) mass is 536 g/mol. The van der Waals surface area contributed by atoms with Gasteiger partial charge >= 0.3 is 0 Å². The molecule has 6 rings (SSSR count). The van der Waals surface area contributed by atoms with Crippen LogP contribution in [0.3, 0.4) is 0 Å². The van der Waals surface area contributed by atoms with Crippen molar-refractivity contribution in [3.8, 4) is 17.2 Å². The number of nitrogens with zero attached hydrogens (tertiary/aromatic N) is 5. The first-order valence-electron chi connectivity index (χ1n) is 12.3. The summed E-state index contributed by atoms with van der Waals surface area (Å²) in [5, 5.41) is 21.5. The van der Waals surface area contributed by atoms with Crippen molar-refractivity contribution in [2.75, 3.05) is 30.8 Å². The van der Waals surface area contributed by atoms with Gasteiger partial charge in [-0.1, -0.05) is 0 Å². The maximum Gasteiger partial charge on any atom is 0.226 e. The van der Waals surface area contributed by atoms with Gasteiger partial charge in [0.25, 0.3) is 0 Å². The van der Waals surface area contributed by atoms with Crippen LogP contribution in [0.2, 0.25) is 0 Å². The van der Waals surface area contributed by atoms with Gasteiger partial charge in [-0.05, 0) is 44.2 Å². The minimum Gasteiger partial charge on any atom is -0.390 e. The third kappa shape index (κ3) is 3.63. The largest absolute Gasteiger partial charge is 0.390 e. The molecule has 0 bridgehead atoms. The Morgan fingerprint density at radius 2 is 2.00 bits per heavy atom. The normalized spacial score (nSPS) is 19.3. The molecule has 196 valence electrons. The van der Waals surface area contributed by atoms with Crippen LogP contribution in [0, 0.1) is 23.0 Å². The molecule has 2 atom stereocenters. The van der Waals surface area contributed by atoms with Crippen molar-refractivity contribution >= 4 is 43.3 Å². The van der Waals surface area contributed by atoms with Gasteiger partial charge in [-0.3, -0.25) is 4.90 Å². The van der Waals surface area contributed by atoms with E-state index in [-0.39, 0.29) is 58.5 Å². The number of rotatable bonds is 4. The summed E-state index contributed by atoms with van der Waals surface area (Å²) in [4.78, 5) is 13.0. The van der Waals surface area contributed by atoms with Crippen molar-refractivity contribution in [2.45, 2.75) is 45.2 Å². The average Bonchev–Trinajstić information content (AvgIpc) is 3.61. The standard InChI is InChI=1S/C27H26F2N6O2S/c1-12(2)34(3)18-8-35(9-19(18)36)27-32-7-14-15-10-37-11-16(15)22(24(29)25(14)33-27)23-17(28)4-5-20-21(23)13(6-30)26(31)38-20/h4-5,7,12,18-19,36H,8-11,31H2,1-3H3/t18-,19+/m1/s1. The van der Waals surface area contributed by atoms with E-state index in [1.54, 1.807) is 12.3 Å². The summed E-state index contributed by atoms with van der Waals surface area (Å²) >= 11 is 1.16. The summed E-state index contributed by atoms with van der Waals surface area (Å²) in [5.74, 6) is -1.07. The summed E-state index contributed by atoms with van der Waals surface area (Å²) in [6, 6.07) is 4.99. The number of hydrogen-bond acceptors (Lipinski definition) is 9. The Balaban J connectivity index is 1.56. The van der Waals surface area contributed by atoms with Crippen LogP contribution in [0.1, 0.15) is 30.5 Å². The second kappa shape index (κ2) is 9.10. The number of aromatic nitrogens is 2. The zero-order valence-electron chi connectivity index (χ0n) is 21.1. The van der Waals surface area contributed by atoms with E-state index in [2.05, 4.69) is 34.8 Å². The third-order valence-corrected chi connectivity index (χ3v) is 8.75. The van der Waals surface area contributed by atoms with Crippen LogP contribution in [0.5, 0.6) is 0 Å². The quantitative estimate of drug-likeness (QED) is 0.400. The summed E-state index contributed by atoms with van der Waals surface area (Å²) in [6.07, 6.45) is 0.958. The molecule has 0 unspecified atom stereocenters. The molecule has 4 aromatic rings. The third-order valence-electron chi connectivity index (χ3n) is 7.76. The molecule has 0 radical (unpaired) electrons. The number of nitrogen functional groups attached to an aromatic ring is 1. The molecule has 8 nitrogen and oxygen atoms in total. The molecule has 2 aromatic heterocycles. The number of benzene rings is 2. The van der Waals surface area contributed by atoms with Gasteiger partial charge in [0.05, 0.1) is 30.9 Å². The van der Waals surface area contributed by atoms with Gasteiger partial charge in [-0.25, -0.2) is 18.7 Å². The van der Waals surface area contributed by atoms with Crippen LogP contribution in [0.15, 0.2) is 18.3 Å². The first-order valence-corrected chi connectivity index (χ1v) is 13.2. The fraction of sp³-hybridized carbons (Fsp3) is 0.370. The highest BCUT2D eigenvalue weighted by molar-refractivity contribution is 7.23. The van der Waals surface area contributed by atoms with Gasteiger partial charge in [0.2, 0.25) is 5.95 Å². The summed E-state index contributed by atoms with van der Waals surface area (Å²) in [7, 11) is 1.96. The second-order valence-electron chi connectivity index (χ2n) is 10.1. The SMILES string of the molecule is CC(C)N(C)[C@@H]1CN(c2ncc3c4c(c(-c5c(F)ccc6sc(N)c(C#N)c56)c(F)c3n2)COC4)C[C@@H]1O. The first-order chi connectivity index (χ1) is 18.2. The molecule has 1 fully saturated rings. The van der Waals surface area contributed by atoms with Crippen molar-refractivity contribution in [3.63, 3.8) is 0 Å². The van der Waals surface area contributed by atoms with Gasteiger partial charge in [-0.15, -0.1) is 11.3 Å². The highest BCUT2D eigenvalue weighted by Gasteiger charge is 2.37. The van der Waals surface area contributed by atoms with E-state index < -0.39 is 17.7 Å². The second-order valence-corrected chi connectivity index (χ2v) is 11.2. The number of thiophene rings is 1. The minimum atomic E-state index is -0.705. The lowest BCUT2D eigenvalue weighted by Crippen LogP contribution is -2.44. The van der Waals surface area contributed by atoms with Gasteiger partial charge in [0.15, 0.2) is 5.82 Å². The van der Waals surface area contributed by atoms with Crippen LogP contribution >= 0.6 is 11.3 Å². The molecule has 4 heterocycles. The van der Waals surface area contributed by atoms with Crippen LogP contribution in [-0.2, 0) is 18.0 Å². The van der Waals surface area contributed by atoms with E-state index in [0.717, 1.165) is 11.3 Å². The van der Waals surface area contributed by atoms with Crippen molar-refractivity contribution < 1.29 is 18.6 Å². The van der Waals surface area contributed by atoms with Crippen molar-refractivity contribution in [1.82, 2.24) is 14.9 Å². The topological polar surface area (TPSA) is 112 Å². The van der Waals surface area contributed by atoms with Crippen molar-refractivity contribution in [3.05, 3.63) is 46.7 Å². The number of fused-ring (bicyclic) bond motifs is 4. The van der Waals surface area contributed by atoms with E-state index in [9.17, 15) is 10.4 Å². The number of anilines is 2. The molecule has 2 aliphatic rings. The van der Waals surface area contributed by atoms with E-state index in [0.29, 0.717) is 39.7 Å². The molecule has 0 amide bonds. The van der Waals surface area contributed by atoms with E-state index >= 15 is 8.78 Å². The highest BCUT2D eigenvalue weighted by Crippen LogP contribution is 2.46. The Morgan fingerprint density at radius 1 is 1.24 bits per heavy atom. The smallest absolute Gasteiger partial charge is 0.226 e. The van der Waals surface area contributed by atoms with E-state index in [4.69, 9.17) is 10.5 Å². The first kappa shape index (κ1) is 24.9. The number of nitrogens with two attached hydrogens (primary N) is 1.